The Balaban J connectivity index is 0.00000450. The molecule has 1 aromatic carbocycles. The first-order chi connectivity index (χ1) is 14.2. The molecule has 2 aromatic rings. The van der Waals surface area contributed by atoms with Gasteiger partial charge in [0.05, 0.1) is 13.2 Å². The van der Waals surface area contributed by atoms with E-state index in [9.17, 15) is 4.79 Å². The monoisotopic (exact) mass is 525 g/mol. The van der Waals surface area contributed by atoms with Crippen LogP contribution in [0, 0.1) is 0 Å². The van der Waals surface area contributed by atoms with Crippen LogP contribution >= 0.6 is 24.0 Å². The van der Waals surface area contributed by atoms with Crippen molar-refractivity contribution in [1.29, 1.82) is 0 Å². The second-order valence-electron chi connectivity index (χ2n) is 6.47. The summed E-state index contributed by atoms with van der Waals surface area (Å²) in [4.78, 5) is 20.7. The molecule has 0 aliphatic carbocycles. The molecule has 30 heavy (non-hydrogen) atoms. The number of carbonyl (C=O) groups is 1. The number of amides is 1. The van der Waals surface area contributed by atoms with Crippen molar-refractivity contribution < 1.29 is 9.53 Å². The summed E-state index contributed by atoms with van der Waals surface area (Å²) in [5, 5.41) is 9.25. The molecular weight excluding hydrogens is 493 g/mol. The Morgan fingerprint density at radius 1 is 1.17 bits per heavy atom. The van der Waals surface area contributed by atoms with E-state index in [1.807, 2.05) is 43.3 Å². The van der Waals surface area contributed by atoms with Gasteiger partial charge in [-0.1, -0.05) is 25.1 Å². The summed E-state index contributed by atoms with van der Waals surface area (Å²) >= 11 is 0. The lowest BCUT2D eigenvalue weighted by molar-refractivity contribution is 0.0963. The molecule has 0 spiro atoms. The van der Waals surface area contributed by atoms with E-state index in [-0.39, 0.29) is 29.9 Å². The van der Waals surface area contributed by atoms with Crippen LogP contribution in [-0.2, 0) is 13.0 Å². The van der Waals surface area contributed by atoms with Crippen LogP contribution < -0.4 is 20.7 Å². The average Bonchev–Trinajstić information content (AvgIpc) is 2.76. The molecule has 0 fully saturated rings. The predicted octanol–water partition coefficient (Wildman–Crippen LogP) is 3.15. The molecule has 0 radical (unpaired) electrons. The summed E-state index contributed by atoms with van der Waals surface area (Å²) in [5.74, 6) is 1.30. The minimum atomic E-state index is -0.0766. The maximum absolute atomic E-state index is 11.8. The fraction of sp³-hybridized carbons (Fsp3) is 0.409. The van der Waals surface area contributed by atoms with Crippen molar-refractivity contribution in [3.8, 4) is 5.88 Å². The van der Waals surface area contributed by atoms with Gasteiger partial charge in [0.2, 0.25) is 5.88 Å². The maximum atomic E-state index is 11.8. The molecule has 7 nitrogen and oxygen atoms in total. The number of aliphatic imine (C=N–C) groups is 1. The fourth-order valence-corrected chi connectivity index (χ4v) is 2.72. The van der Waals surface area contributed by atoms with Crippen LogP contribution in [0.4, 0.5) is 0 Å². The van der Waals surface area contributed by atoms with Crippen LogP contribution in [0.25, 0.3) is 0 Å². The van der Waals surface area contributed by atoms with Crippen LogP contribution in [-0.4, -0.2) is 43.6 Å². The predicted molar refractivity (Wildman–Crippen MR) is 132 cm³/mol. The summed E-state index contributed by atoms with van der Waals surface area (Å²) in [6.07, 6.45) is 3.45. The number of halogens is 1. The largest absolute Gasteiger partial charge is 0.477 e. The summed E-state index contributed by atoms with van der Waals surface area (Å²) in [5.41, 5.74) is 2.72. The minimum absolute atomic E-state index is 0. The zero-order chi connectivity index (χ0) is 20.9. The quantitative estimate of drug-likeness (QED) is 0.252. The number of nitrogens with zero attached hydrogens (tertiary/aromatic N) is 2. The van der Waals surface area contributed by atoms with E-state index in [2.05, 4.69) is 32.9 Å². The Morgan fingerprint density at radius 2 is 2.00 bits per heavy atom. The zero-order valence-electron chi connectivity index (χ0n) is 17.9. The van der Waals surface area contributed by atoms with Crippen molar-refractivity contribution in [2.45, 2.75) is 33.2 Å². The van der Waals surface area contributed by atoms with Gasteiger partial charge < -0.3 is 20.7 Å². The number of hydrogen-bond donors (Lipinski definition) is 3. The molecule has 1 amide bonds. The van der Waals surface area contributed by atoms with Crippen LogP contribution in [0.15, 0.2) is 47.6 Å². The van der Waals surface area contributed by atoms with Crippen LogP contribution in [0.2, 0.25) is 0 Å². The van der Waals surface area contributed by atoms with Gasteiger partial charge in [-0.15, -0.1) is 24.0 Å². The highest BCUT2D eigenvalue weighted by atomic mass is 127. The van der Waals surface area contributed by atoms with Gasteiger partial charge in [-0.05, 0) is 43.5 Å². The Labute approximate surface area is 196 Å². The number of benzene rings is 1. The Kier molecular flexibility index (Phi) is 12.5. The molecule has 0 unspecified atom stereocenters. The molecule has 3 N–H and O–H groups in total. The number of pyridine rings is 1. The normalized spacial score (nSPS) is 10.7. The van der Waals surface area contributed by atoms with Gasteiger partial charge in [-0.3, -0.25) is 4.79 Å². The number of rotatable bonds is 10. The molecule has 2 rings (SSSR count). The van der Waals surface area contributed by atoms with Crippen LogP contribution in [0.3, 0.4) is 0 Å². The lowest BCUT2D eigenvalue weighted by Gasteiger charge is -2.12. The van der Waals surface area contributed by atoms with Crippen molar-refractivity contribution in [2.75, 3.05) is 26.7 Å². The molecule has 8 heteroatoms. The fourth-order valence-electron chi connectivity index (χ4n) is 2.72. The van der Waals surface area contributed by atoms with Gasteiger partial charge in [-0.2, -0.15) is 0 Å². The van der Waals surface area contributed by atoms with E-state index in [1.54, 1.807) is 13.2 Å². The van der Waals surface area contributed by atoms with Crippen LogP contribution in [0.1, 0.15) is 41.8 Å². The van der Waals surface area contributed by atoms with E-state index in [0.29, 0.717) is 31.1 Å². The van der Waals surface area contributed by atoms with Gasteiger partial charge >= 0.3 is 0 Å². The van der Waals surface area contributed by atoms with Gasteiger partial charge in [0.25, 0.3) is 5.91 Å². The summed E-state index contributed by atoms with van der Waals surface area (Å²) in [6.45, 7) is 6.69. The Hall–Kier alpha value is -2.36. The van der Waals surface area contributed by atoms with Crippen molar-refractivity contribution >= 4 is 35.8 Å². The first-order valence-electron chi connectivity index (χ1n) is 10.1. The van der Waals surface area contributed by atoms with Crippen molar-refractivity contribution in [3.63, 3.8) is 0 Å². The standard InChI is InChI=1S/C22H31N5O2.HI/c1-4-14-29-21-19(10-7-12-25-21)16-27-22(24-5-2)26-13-11-17-8-6-9-18(15-17)20(28)23-3;/h6-10,12,15H,4-5,11,13-14,16H2,1-3H3,(H,23,28)(H2,24,26,27);1H. The number of hydrogen-bond acceptors (Lipinski definition) is 4. The van der Waals surface area contributed by atoms with Gasteiger partial charge in [0, 0.05) is 37.5 Å². The van der Waals surface area contributed by atoms with E-state index in [4.69, 9.17) is 4.74 Å². The van der Waals surface area contributed by atoms with Gasteiger partial charge in [0.1, 0.15) is 0 Å². The Morgan fingerprint density at radius 3 is 2.73 bits per heavy atom. The highest BCUT2D eigenvalue weighted by molar-refractivity contribution is 14.0. The highest BCUT2D eigenvalue weighted by Crippen LogP contribution is 2.15. The number of guanidine groups is 1. The van der Waals surface area contributed by atoms with E-state index in [0.717, 1.165) is 36.5 Å². The zero-order valence-corrected chi connectivity index (χ0v) is 20.2. The number of aromatic nitrogens is 1. The van der Waals surface area contributed by atoms with E-state index < -0.39 is 0 Å². The smallest absolute Gasteiger partial charge is 0.251 e. The SMILES string of the molecule is CCCOc1ncccc1CN=C(NCC)NCCc1cccc(C(=O)NC)c1.I. The van der Waals surface area contributed by atoms with Crippen molar-refractivity contribution in [1.82, 2.24) is 20.9 Å². The second-order valence-corrected chi connectivity index (χ2v) is 6.47. The summed E-state index contributed by atoms with van der Waals surface area (Å²) in [7, 11) is 1.64. The molecule has 0 saturated carbocycles. The summed E-state index contributed by atoms with van der Waals surface area (Å²) in [6, 6.07) is 11.5. The third kappa shape index (κ3) is 8.56. The molecule has 1 aromatic heterocycles. The highest BCUT2D eigenvalue weighted by Gasteiger charge is 2.06. The molecule has 0 saturated heterocycles. The van der Waals surface area contributed by atoms with E-state index >= 15 is 0 Å². The van der Waals surface area contributed by atoms with Gasteiger partial charge in [0.15, 0.2) is 5.96 Å². The molecule has 0 atom stereocenters. The summed E-state index contributed by atoms with van der Waals surface area (Å²) < 4.78 is 5.70. The molecule has 164 valence electrons. The lowest BCUT2D eigenvalue weighted by Crippen LogP contribution is -2.38. The lowest BCUT2D eigenvalue weighted by atomic mass is 10.1. The number of carbonyl (C=O) groups excluding carboxylic acids is 1. The third-order valence-electron chi connectivity index (χ3n) is 4.17. The third-order valence-corrected chi connectivity index (χ3v) is 4.17. The minimum Gasteiger partial charge on any atom is -0.477 e. The first-order valence-corrected chi connectivity index (χ1v) is 10.1. The number of ether oxygens (including phenoxy) is 1. The molecule has 0 aliphatic rings. The average molecular weight is 525 g/mol. The maximum Gasteiger partial charge on any atom is 0.251 e. The Bertz CT molecular complexity index is 814. The molecule has 0 aliphatic heterocycles. The molecule has 1 heterocycles. The topological polar surface area (TPSA) is 87.6 Å². The molecule has 0 bridgehead atoms. The van der Waals surface area contributed by atoms with Crippen molar-refractivity contribution in [3.05, 3.63) is 59.3 Å². The first kappa shape index (κ1) is 25.7. The van der Waals surface area contributed by atoms with Crippen molar-refractivity contribution in [2.24, 2.45) is 4.99 Å². The second kappa shape index (κ2) is 14.6. The van der Waals surface area contributed by atoms with Crippen LogP contribution in [0.5, 0.6) is 5.88 Å². The molecular formula is C22H32IN5O2. The van der Waals surface area contributed by atoms with Gasteiger partial charge in [-0.25, -0.2) is 9.98 Å². The number of nitrogens with one attached hydrogen (secondary N) is 3. The van der Waals surface area contributed by atoms with E-state index in [1.165, 1.54) is 0 Å².